The standard InChI is InChI=1S/C9H8O/c1-8(10)7-9-5-3-2-4-6-9/h3-7H,1H3. The Morgan fingerprint density at radius 3 is 2.60 bits per heavy atom. The van der Waals surface area contributed by atoms with E-state index in [9.17, 15) is 5.11 Å². The molecule has 1 aromatic rings. The first-order chi connectivity index (χ1) is 4.79. The van der Waals surface area contributed by atoms with Crippen LogP contribution >= 0.6 is 0 Å². The molecule has 0 bridgehead atoms. The van der Waals surface area contributed by atoms with Crippen molar-refractivity contribution in [2.24, 2.45) is 0 Å². The van der Waals surface area contributed by atoms with Gasteiger partial charge < -0.3 is 0 Å². The van der Waals surface area contributed by atoms with Gasteiger partial charge in [-0.25, -0.2) is 0 Å². The van der Waals surface area contributed by atoms with Gasteiger partial charge in [-0.05, 0) is 24.6 Å². The second-order valence-electron chi connectivity index (χ2n) is 2.09. The summed E-state index contributed by atoms with van der Waals surface area (Å²) in [6, 6.07) is 10.1. The van der Waals surface area contributed by atoms with Gasteiger partial charge >= 0.3 is 0 Å². The molecule has 0 aliphatic rings. The van der Waals surface area contributed by atoms with Gasteiger partial charge in [0.25, 0.3) is 0 Å². The van der Waals surface area contributed by atoms with Gasteiger partial charge in [0.1, 0.15) is 0 Å². The zero-order chi connectivity index (χ0) is 7.40. The van der Waals surface area contributed by atoms with E-state index in [1.165, 1.54) is 6.92 Å². The predicted octanol–water partition coefficient (Wildman–Crippen LogP) is 2.28. The normalized spacial score (nSPS) is 11.5. The molecule has 0 saturated heterocycles. The summed E-state index contributed by atoms with van der Waals surface area (Å²) in [4.78, 5) is 0. The molecule has 1 aromatic carbocycles. The van der Waals surface area contributed by atoms with E-state index in [4.69, 9.17) is 0 Å². The Morgan fingerprint density at radius 1 is 1.50 bits per heavy atom. The molecule has 0 heterocycles. The van der Waals surface area contributed by atoms with Crippen molar-refractivity contribution in [3.63, 3.8) is 0 Å². The van der Waals surface area contributed by atoms with Gasteiger partial charge in [0, 0.05) is 0 Å². The number of hydrogen-bond donors (Lipinski definition) is 0. The minimum absolute atomic E-state index is 0.0752. The van der Waals surface area contributed by atoms with Crippen LogP contribution in [0, 0.1) is 6.07 Å². The Balaban J connectivity index is 2.87. The lowest BCUT2D eigenvalue weighted by molar-refractivity contribution is 0.305. The average molecular weight is 132 g/mol. The molecule has 0 fully saturated rings. The molecule has 0 spiro atoms. The number of hydrogen-bond acceptors (Lipinski definition) is 0. The molecule has 50 valence electrons. The van der Waals surface area contributed by atoms with Gasteiger partial charge in [0.2, 0.25) is 0 Å². The summed E-state index contributed by atoms with van der Waals surface area (Å²) < 4.78 is 0. The molecular formula is C9H8O. The summed E-state index contributed by atoms with van der Waals surface area (Å²) in [5.41, 5.74) is 0.936. The van der Waals surface area contributed by atoms with Crippen LogP contribution in [0.2, 0.25) is 0 Å². The Labute approximate surface area is 60.6 Å². The molecule has 1 rings (SSSR count). The molecule has 0 saturated carbocycles. The van der Waals surface area contributed by atoms with E-state index in [0.717, 1.165) is 5.56 Å². The van der Waals surface area contributed by atoms with Crippen molar-refractivity contribution in [2.75, 3.05) is 0 Å². The van der Waals surface area contributed by atoms with Crippen LogP contribution in [0.4, 0.5) is 0 Å². The highest BCUT2D eigenvalue weighted by atomic mass is 16.3. The third-order valence-corrected chi connectivity index (χ3v) is 1.11. The van der Waals surface area contributed by atoms with Crippen molar-refractivity contribution in [3.05, 3.63) is 41.7 Å². The summed E-state index contributed by atoms with van der Waals surface area (Å²) in [5, 5.41) is 10.5. The first-order valence-corrected chi connectivity index (χ1v) is 3.10. The third kappa shape index (κ3) is 1.94. The topological polar surface area (TPSA) is 19.9 Å². The molecule has 0 unspecified atom stereocenters. The highest BCUT2D eigenvalue weighted by Crippen LogP contribution is 2.02. The molecule has 0 aliphatic carbocycles. The first kappa shape index (κ1) is 6.87. The number of benzene rings is 1. The molecule has 1 heteroatoms. The lowest BCUT2D eigenvalue weighted by atomic mass is 10.2. The van der Waals surface area contributed by atoms with Gasteiger partial charge in [0.15, 0.2) is 5.76 Å². The fourth-order valence-corrected chi connectivity index (χ4v) is 0.731. The highest BCUT2D eigenvalue weighted by molar-refractivity contribution is 5.49. The van der Waals surface area contributed by atoms with E-state index in [-0.39, 0.29) is 5.76 Å². The molecule has 0 atom stereocenters. The molecule has 1 nitrogen and oxygen atoms in total. The fourth-order valence-electron chi connectivity index (χ4n) is 0.731. The Bertz CT molecular complexity index is 220. The zero-order valence-electron chi connectivity index (χ0n) is 5.79. The van der Waals surface area contributed by atoms with Crippen LogP contribution < -0.4 is 0 Å². The summed E-state index contributed by atoms with van der Waals surface area (Å²) in [7, 11) is 0. The van der Waals surface area contributed by atoms with Gasteiger partial charge in [-0.3, -0.25) is 5.11 Å². The van der Waals surface area contributed by atoms with Crippen LogP contribution in [0.25, 0.3) is 6.08 Å². The fraction of sp³-hybridized carbons (Fsp3) is 0.111. The third-order valence-electron chi connectivity index (χ3n) is 1.11. The quantitative estimate of drug-likeness (QED) is 0.522. The predicted molar refractivity (Wildman–Crippen MR) is 39.6 cm³/mol. The van der Waals surface area contributed by atoms with Crippen LogP contribution in [0.5, 0.6) is 0 Å². The molecule has 0 aromatic heterocycles. The van der Waals surface area contributed by atoms with Crippen molar-refractivity contribution < 1.29 is 5.11 Å². The largest absolute Gasteiger partial charge is 0.295 e. The van der Waals surface area contributed by atoms with Crippen LogP contribution in [0.1, 0.15) is 12.5 Å². The second kappa shape index (κ2) is 3.06. The summed E-state index contributed by atoms with van der Waals surface area (Å²) in [6.45, 7) is 1.54. The Kier molecular flexibility index (Phi) is 2.11. The first-order valence-electron chi connectivity index (χ1n) is 3.10. The Hall–Kier alpha value is -1.24. The van der Waals surface area contributed by atoms with Gasteiger partial charge in [-0.15, -0.1) is 0 Å². The zero-order valence-corrected chi connectivity index (χ0v) is 5.79. The smallest absolute Gasteiger partial charge is 0.153 e. The van der Waals surface area contributed by atoms with E-state index in [2.05, 4.69) is 6.07 Å². The van der Waals surface area contributed by atoms with Crippen LogP contribution in [-0.4, -0.2) is 0 Å². The van der Waals surface area contributed by atoms with Crippen LogP contribution in [0.15, 0.2) is 30.0 Å². The van der Waals surface area contributed by atoms with E-state index in [1.54, 1.807) is 18.2 Å². The maximum Gasteiger partial charge on any atom is 0.153 e. The van der Waals surface area contributed by atoms with E-state index in [1.807, 2.05) is 12.1 Å². The van der Waals surface area contributed by atoms with Crippen molar-refractivity contribution in [2.45, 2.75) is 6.92 Å². The van der Waals surface area contributed by atoms with Crippen molar-refractivity contribution in [1.29, 1.82) is 0 Å². The summed E-state index contributed by atoms with van der Waals surface area (Å²) in [5.74, 6) is 0.0752. The molecule has 2 radical (unpaired) electrons. The number of rotatable bonds is 1. The minimum atomic E-state index is 0.0752. The maximum atomic E-state index is 10.5. The van der Waals surface area contributed by atoms with Gasteiger partial charge in [0.05, 0.1) is 0 Å². The lowest BCUT2D eigenvalue weighted by Gasteiger charge is -1.88. The molecule has 10 heavy (non-hydrogen) atoms. The SMILES string of the molecule is CC([O])=Cc1cc[c]cc1. The van der Waals surface area contributed by atoms with Crippen LogP contribution in [-0.2, 0) is 5.11 Å². The Morgan fingerprint density at radius 2 is 2.10 bits per heavy atom. The van der Waals surface area contributed by atoms with Crippen molar-refractivity contribution in [1.82, 2.24) is 0 Å². The maximum absolute atomic E-state index is 10.5. The van der Waals surface area contributed by atoms with Gasteiger partial charge in [-0.2, -0.15) is 0 Å². The average Bonchev–Trinajstić information content (AvgIpc) is 1.88. The monoisotopic (exact) mass is 132 g/mol. The van der Waals surface area contributed by atoms with Crippen molar-refractivity contribution in [3.8, 4) is 0 Å². The summed E-state index contributed by atoms with van der Waals surface area (Å²) in [6.07, 6.45) is 1.59. The van der Waals surface area contributed by atoms with Crippen LogP contribution in [0.3, 0.4) is 0 Å². The minimum Gasteiger partial charge on any atom is -0.295 e. The molecule has 0 amide bonds. The van der Waals surface area contributed by atoms with Gasteiger partial charge in [-0.1, -0.05) is 24.3 Å². The second-order valence-corrected chi connectivity index (χ2v) is 2.09. The molecule has 0 aliphatic heterocycles. The summed E-state index contributed by atoms with van der Waals surface area (Å²) >= 11 is 0. The van der Waals surface area contributed by atoms with E-state index >= 15 is 0 Å². The lowest BCUT2D eigenvalue weighted by Crippen LogP contribution is -1.71. The molecular weight excluding hydrogens is 124 g/mol. The molecule has 0 N–H and O–H groups in total. The van der Waals surface area contributed by atoms with E-state index < -0.39 is 0 Å². The number of allylic oxidation sites excluding steroid dienone is 1. The van der Waals surface area contributed by atoms with E-state index in [0.29, 0.717) is 0 Å². The highest BCUT2D eigenvalue weighted by Gasteiger charge is 1.86. The van der Waals surface area contributed by atoms with Crippen molar-refractivity contribution >= 4 is 6.08 Å².